The minimum Gasteiger partial charge on any atom is -0.481 e. The van der Waals surface area contributed by atoms with E-state index in [1.165, 1.54) is 16.8 Å². The number of amides is 2. The lowest BCUT2D eigenvalue weighted by atomic mass is 9.90. The third-order valence-corrected chi connectivity index (χ3v) is 3.26. The van der Waals surface area contributed by atoms with Crippen LogP contribution in [0.2, 0.25) is 0 Å². The molecule has 108 valence electrons. The van der Waals surface area contributed by atoms with Gasteiger partial charge < -0.3 is 19.6 Å². The molecule has 1 fully saturated rings. The fraction of sp³-hybridized carbons (Fsp3) is 0.750. The number of likely N-dealkylation sites (N-methyl/N-ethyl adjacent to an activating group) is 1. The Morgan fingerprint density at radius 1 is 1.42 bits per heavy atom. The second kappa shape index (κ2) is 5.90. The van der Waals surface area contributed by atoms with Gasteiger partial charge in [-0.05, 0) is 20.3 Å². The van der Waals surface area contributed by atoms with Crippen LogP contribution in [0, 0.1) is 5.41 Å². The summed E-state index contributed by atoms with van der Waals surface area (Å²) in [6.07, 6.45) is 0.418. The molecule has 0 aliphatic carbocycles. The summed E-state index contributed by atoms with van der Waals surface area (Å²) < 4.78 is 4.76. The number of ether oxygens (including phenoxy) is 1. The molecule has 1 atom stereocenters. The van der Waals surface area contributed by atoms with Crippen LogP contribution < -0.4 is 0 Å². The van der Waals surface area contributed by atoms with Crippen molar-refractivity contribution in [1.82, 2.24) is 9.80 Å². The van der Waals surface area contributed by atoms with Crippen LogP contribution in [0.25, 0.3) is 0 Å². The van der Waals surface area contributed by atoms with E-state index in [1.54, 1.807) is 13.8 Å². The molecule has 7 heteroatoms. The number of carboxylic acids is 1. The number of esters is 1. The molecule has 1 aliphatic rings. The van der Waals surface area contributed by atoms with Crippen LogP contribution in [0.15, 0.2) is 0 Å². The number of nitrogens with zero attached hydrogens (tertiary/aromatic N) is 2. The summed E-state index contributed by atoms with van der Waals surface area (Å²) in [5, 5.41) is 9.10. The van der Waals surface area contributed by atoms with Crippen molar-refractivity contribution in [3.63, 3.8) is 0 Å². The van der Waals surface area contributed by atoms with Gasteiger partial charge in [-0.25, -0.2) is 4.79 Å². The number of carbonyl (C=O) groups excluding carboxylic acids is 2. The van der Waals surface area contributed by atoms with Gasteiger partial charge in [-0.3, -0.25) is 9.59 Å². The number of hydrogen-bond acceptors (Lipinski definition) is 4. The van der Waals surface area contributed by atoms with Crippen molar-refractivity contribution in [3.8, 4) is 0 Å². The highest BCUT2D eigenvalue weighted by Crippen LogP contribution is 2.30. The average Bonchev–Trinajstić information content (AvgIpc) is 2.72. The predicted molar refractivity (Wildman–Crippen MR) is 66.6 cm³/mol. The highest BCUT2D eigenvalue weighted by molar-refractivity contribution is 5.82. The average molecular weight is 272 g/mol. The fourth-order valence-corrected chi connectivity index (χ4v) is 2.01. The first-order chi connectivity index (χ1) is 8.80. The van der Waals surface area contributed by atoms with Gasteiger partial charge in [0.25, 0.3) is 0 Å². The SMILES string of the molecule is CCOC(=O)CN(C)C(=O)N1CCC(C)(C(=O)O)C1. The van der Waals surface area contributed by atoms with Gasteiger partial charge in [0.15, 0.2) is 0 Å². The lowest BCUT2D eigenvalue weighted by Crippen LogP contribution is -2.44. The Bertz CT molecular complexity index is 384. The van der Waals surface area contributed by atoms with Crippen molar-refractivity contribution in [2.75, 3.05) is 33.3 Å². The second-order valence-electron chi connectivity index (χ2n) is 4.98. The molecule has 1 N–H and O–H groups in total. The standard InChI is InChI=1S/C12H20N2O5/c1-4-19-9(15)7-13(3)11(18)14-6-5-12(2,8-14)10(16)17/h4-8H2,1-3H3,(H,16,17). The van der Waals surface area contributed by atoms with Gasteiger partial charge in [0, 0.05) is 20.1 Å². The number of rotatable bonds is 4. The Morgan fingerprint density at radius 2 is 2.05 bits per heavy atom. The summed E-state index contributed by atoms with van der Waals surface area (Å²) in [7, 11) is 1.50. The first-order valence-corrected chi connectivity index (χ1v) is 6.19. The van der Waals surface area contributed by atoms with Crippen LogP contribution in [-0.4, -0.2) is 66.2 Å². The maximum absolute atomic E-state index is 12.0. The van der Waals surface area contributed by atoms with E-state index in [1.807, 2.05) is 0 Å². The van der Waals surface area contributed by atoms with Crippen LogP contribution in [0.3, 0.4) is 0 Å². The smallest absolute Gasteiger partial charge is 0.325 e. The number of aliphatic carboxylic acids is 1. The van der Waals surface area contributed by atoms with Gasteiger partial charge in [0.05, 0.1) is 12.0 Å². The zero-order valence-electron chi connectivity index (χ0n) is 11.5. The first-order valence-electron chi connectivity index (χ1n) is 6.19. The quantitative estimate of drug-likeness (QED) is 0.748. The molecule has 1 aliphatic heterocycles. The Balaban J connectivity index is 2.55. The van der Waals surface area contributed by atoms with Crippen LogP contribution in [-0.2, 0) is 14.3 Å². The minimum atomic E-state index is -0.907. The van der Waals surface area contributed by atoms with Crippen LogP contribution in [0.5, 0.6) is 0 Å². The third-order valence-electron chi connectivity index (χ3n) is 3.26. The molecule has 0 saturated carbocycles. The van der Waals surface area contributed by atoms with Crippen LogP contribution >= 0.6 is 0 Å². The third kappa shape index (κ3) is 3.59. The number of urea groups is 1. The van der Waals surface area contributed by atoms with Crippen molar-refractivity contribution in [2.24, 2.45) is 5.41 Å². The van der Waals surface area contributed by atoms with E-state index in [0.717, 1.165) is 0 Å². The monoisotopic (exact) mass is 272 g/mol. The lowest BCUT2D eigenvalue weighted by Gasteiger charge is -2.25. The van der Waals surface area contributed by atoms with E-state index < -0.39 is 17.4 Å². The Kier molecular flexibility index (Phi) is 4.74. The molecule has 0 aromatic carbocycles. The molecular formula is C12H20N2O5. The molecule has 1 saturated heterocycles. The number of carbonyl (C=O) groups is 3. The first kappa shape index (κ1) is 15.3. The van der Waals surface area contributed by atoms with E-state index in [2.05, 4.69) is 0 Å². The van der Waals surface area contributed by atoms with E-state index in [-0.39, 0.29) is 25.7 Å². The molecule has 19 heavy (non-hydrogen) atoms. The fourth-order valence-electron chi connectivity index (χ4n) is 2.01. The minimum absolute atomic E-state index is 0.132. The zero-order valence-corrected chi connectivity index (χ0v) is 11.5. The molecule has 0 aromatic heterocycles. The highest BCUT2D eigenvalue weighted by Gasteiger charge is 2.42. The van der Waals surface area contributed by atoms with Gasteiger partial charge in [-0.15, -0.1) is 0 Å². The van der Waals surface area contributed by atoms with Gasteiger partial charge in [0.1, 0.15) is 6.54 Å². The normalized spacial score (nSPS) is 22.2. The Morgan fingerprint density at radius 3 is 2.53 bits per heavy atom. The number of carboxylic acid groups (broad SMARTS) is 1. The summed E-state index contributed by atoms with van der Waals surface area (Å²) in [4.78, 5) is 37.1. The van der Waals surface area contributed by atoms with Crippen molar-refractivity contribution in [2.45, 2.75) is 20.3 Å². The van der Waals surface area contributed by atoms with Crippen molar-refractivity contribution < 1.29 is 24.2 Å². The van der Waals surface area contributed by atoms with Crippen LogP contribution in [0.1, 0.15) is 20.3 Å². The summed E-state index contributed by atoms with van der Waals surface area (Å²) in [5.74, 6) is -1.38. The molecule has 0 aromatic rings. The number of hydrogen-bond donors (Lipinski definition) is 1. The van der Waals surface area contributed by atoms with Crippen molar-refractivity contribution >= 4 is 18.0 Å². The van der Waals surface area contributed by atoms with Crippen LogP contribution in [0.4, 0.5) is 4.79 Å². The van der Waals surface area contributed by atoms with E-state index in [0.29, 0.717) is 13.0 Å². The predicted octanol–water partition coefficient (Wildman–Crippen LogP) is 0.398. The summed E-state index contributed by atoms with van der Waals surface area (Å²) in [6.45, 7) is 3.99. The van der Waals surface area contributed by atoms with Gasteiger partial charge in [-0.2, -0.15) is 0 Å². The summed E-state index contributed by atoms with van der Waals surface area (Å²) in [6, 6.07) is -0.349. The van der Waals surface area contributed by atoms with Crippen molar-refractivity contribution in [3.05, 3.63) is 0 Å². The molecule has 2 amide bonds. The number of likely N-dealkylation sites (tertiary alicyclic amines) is 1. The molecule has 1 heterocycles. The zero-order chi connectivity index (χ0) is 14.6. The molecule has 1 rings (SSSR count). The summed E-state index contributed by atoms with van der Waals surface area (Å²) >= 11 is 0. The Hall–Kier alpha value is -1.79. The van der Waals surface area contributed by atoms with Gasteiger partial charge >= 0.3 is 18.0 Å². The summed E-state index contributed by atoms with van der Waals surface area (Å²) in [5.41, 5.74) is -0.902. The van der Waals surface area contributed by atoms with E-state index in [4.69, 9.17) is 9.84 Å². The second-order valence-corrected chi connectivity index (χ2v) is 4.98. The molecular weight excluding hydrogens is 252 g/mol. The maximum Gasteiger partial charge on any atom is 0.325 e. The Labute approximate surface area is 112 Å². The van der Waals surface area contributed by atoms with Crippen molar-refractivity contribution in [1.29, 1.82) is 0 Å². The molecule has 0 bridgehead atoms. The van der Waals surface area contributed by atoms with E-state index in [9.17, 15) is 14.4 Å². The largest absolute Gasteiger partial charge is 0.481 e. The molecule has 0 radical (unpaired) electrons. The van der Waals surface area contributed by atoms with E-state index >= 15 is 0 Å². The molecule has 7 nitrogen and oxygen atoms in total. The van der Waals surface area contributed by atoms with Gasteiger partial charge in [0.2, 0.25) is 0 Å². The lowest BCUT2D eigenvalue weighted by molar-refractivity contribution is -0.147. The molecule has 0 spiro atoms. The van der Waals surface area contributed by atoms with Gasteiger partial charge in [-0.1, -0.05) is 0 Å². The molecule has 1 unspecified atom stereocenters. The maximum atomic E-state index is 12.0. The highest BCUT2D eigenvalue weighted by atomic mass is 16.5. The topological polar surface area (TPSA) is 87.2 Å².